The molecule has 2 N–H and O–H groups in total. The second-order valence-corrected chi connectivity index (χ2v) is 18.3. The van der Waals surface area contributed by atoms with Gasteiger partial charge < -0.3 is 28.4 Å². The van der Waals surface area contributed by atoms with Crippen LogP contribution < -0.4 is 19.2 Å². The number of rotatable bonds is 14. The van der Waals surface area contributed by atoms with Gasteiger partial charge in [0.05, 0.1) is 55.8 Å². The van der Waals surface area contributed by atoms with Crippen molar-refractivity contribution in [3.63, 3.8) is 0 Å². The van der Waals surface area contributed by atoms with Gasteiger partial charge in [-0.3, -0.25) is 0 Å². The van der Waals surface area contributed by atoms with E-state index in [4.69, 9.17) is 9.47 Å². The van der Waals surface area contributed by atoms with Crippen LogP contribution in [-0.2, 0) is 69.9 Å². The summed E-state index contributed by atoms with van der Waals surface area (Å²) in [5.41, 5.74) is 9.59. The van der Waals surface area contributed by atoms with Crippen LogP contribution in [-0.4, -0.2) is 114 Å². The van der Waals surface area contributed by atoms with E-state index >= 15 is 0 Å². The van der Waals surface area contributed by atoms with Crippen molar-refractivity contribution in [2.24, 2.45) is 14.1 Å². The molecule has 8 rings (SSSR count). The van der Waals surface area contributed by atoms with Crippen molar-refractivity contribution in [2.75, 3.05) is 63.4 Å². The first-order valence-electron chi connectivity index (χ1n) is 20.2. The Morgan fingerprint density at radius 2 is 1.15 bits per heavy atom. The minimum absolute atomic E-state index is 0.0200. The number of fused-ring (bicyclic) bond motifs is 2. The summed E-state index contributed by atoms with van der Waals surface area (Å²) in [6.45, 7) is 6.16. The van der Waals surface area contributed by atoms with E-state index in [2.05, 4.69) is 42.4 Å². The number of nitrogens with zero attached hydrogens (tertiary/aromatic N) is 10. The van der Waals surface area contributed by atoms with Gasteiger partial charge in [-0.25, -0.2) is 24.7 Å². The van der Waals surface area contributed by atoms with Crippen molar-refractivity contribution in [1.82, 2.24) is 47.1 Å². The first kappa shape index (κ1) is 44.3. The van der Waals surface area contributed by atoms with Crippen molar-refractivity contribution in [3.05, 3.63) is 95.8 Å². The summed E-state index contributed by atoms with van der Waals surface area (Å²) < 4.78 is 70.9. The fourth-order valence-corrected chi connectivity index (χ4v) is 9.50. The van der Waals surface area contributed by atoms with Gasteiger partial charge in [0.1, 0.15) is 29.3 Å². The maximum absolute atomic E-state index is 12.5. The van der Waals surface area contributed by atoms with E-state index in [1.165, 1.54) is 4.31 Å². The Labute approximate surface area is 361 Å². The summed E-state index contributed by atoms with van der Waals surface area (Å²) in [5, 5.41) is 0. The third kappa shape index (κ3) is 9.67. The molecule has 0 spiro atoms. The lowest BCUT2D eigenvalue weighted by molar-refractivity contribution is 0.0725. The van der Waals surface area contributed by atoms with E-state index in [0.717, 1.165) is 80.2 Å². The quantitative estimate of drug-likeness (QED) is 0.159. The molecule has 2 aliphatic heterocycles. The minimum atomic E-state index is -3.94. The molecular formula is C41H52N12O7S2. The molecule has 0 aliphatic carbocycles. The molecule has 0 unspecified atom stereocenters. The first-order chi connectivity index (χ1) is 29.7. The average Bonchev–Trinajstić information content (AvgIpc) is 4.02. The third-order valence-corrected chi connectivity index (χ3v) is 13.9. The van der Waals surface area contributed by atoms with E-state index in [0.29, 0.717) is 30.6 Å². The van der Waals surface area contributed by atoms with Crippen LogP contribution in [0.25, 0.3) is 22.1 Å². The molecular weight excluding hydrogens is 837 g/mol. The number of amides is 1. The zero-order chi connectivity index (χ0) is 44.2. The number of imidazole rings is 2. The van der Waals surface area contributed by atoms with Crippen molar-refractivity contribution in [3.8, 4) is 0 Å². The average molecular weight is 889 g/mol. The van der Waals surface area contributed by atoms with Crippen LogP contribution in [0.15, 0.2) is 73.6 Å². The number of cyclic esters (lactones) is 1. The van der Waals surface area contributed by atoms with E-state index < -0.39 is 26.5 Å². The zero-order valence-electron chi connectivity index (χ0n) is 35.6. The lowest BCUT2D eigenvalue weighted by Crippen LogP contribution is -2.46. The van der Waals surface area contributed by atoms with Crippen LogP contribution in [0.5, 0.6) is 0 Å². The Bertz CT molecular complexity index is 2790. The van der Waals surface area contributed by atoms with Crippen LogP contribution in [0.3, 0.4) is 0 Å². The van der Waals surface area contributed by atoms with E-state index in [-0.39, 0.29) is 26.2 Å². The number of pyridine rings is 2. The summed E-state index contributed by atoms with van der Waals surface area (Å²) in [6, 6.07) is 15.8. The predicted molar refractivity (Wildman–Crippen MR) is 237 cm³/mol. The standard InChI is InChI=1S/C21H28N6O3S.C20H24N6O4S/c1-4-17-11-16(13-24-31(28,29)27-7-9-30-10-8-27)5-6-19(17)26(3)21-12-20-18(14-22-21)23-15-25(20)2;1-4-15-9-14(11-23-31(28,29)26-7-8-30-20(26)27)5-6-17(15)25(3)19-10-18-16(12-21-19)22-13-24(18)2/h5-6,11-12,14-15,24H,4,7-10,13H2,1-3H3;5-6,9-10,12-13,23H,4,7-8,11H2,1-3H3. The molecule has 4 aromatic heterocycles. The molecule has 2 aliphatic rings. The number of aryl methyl sites for hydroxylation is 4. The zero-order valence-corrected chi connectivity index (χ0v) is 37.3. The summed E-state index contributed by atoms with van der Waals surface area (Å²) in [6.07, 6.45) is 7.79. The molecule has 0 atom stereocenters. The number of hydrogen-bond acceptors (Lipinski definition) is 13. The fraction of sp³-hybridized carbons (Fsp3) is 0.390. The Balaban J connectivity index is 0.000000186. The van der Waals surface area contributed by atoms with Gasteiger partial charge >= 0.3 is 16.3 Å². The summed E-state index contributed by atoms with van der Waals surface area (Å²) in [4.78, 5) is 33.3. The molecule has 62 heavy (non-hydrogen) atoms. The first-order valence-corrected chi connectivity index (χ1v) is 23.1. The van der Waals surface area contributed by atoms with Crippen LogP contribution in [0.2, 0.25) is 0 Å². The second kappa shape index (κ2) is 18.7. The topological polar surface area (TPSA) is 202 Å². The normalized spacial score (nSPS) is 14.9. The number of hydrogen-bond donors (Lipinski definition) is 2. The van der Waals surface area contributed by atoms with Crippen molar-refractivity contribution in [2.45, 2.75) is 39.8 Å². The molecule has 6 aromatic rings. The molecule has 0 saturated carbocycles. The van der Waals surface area contributed by atoms with Crippen LogP contribution in [0.4, 0.5) is 27.8 Å². The summed E-state index contributed by atoms with van der Waals surface area (Å²) in [5.74, 6) is 1.61. The maximum Gasteiger partial charge on any atom is 0.424 e. The van der Waals surface area contributed by atoms with Gasteiger partial charge in [-0.2, -0.15) is 34.9 Å². The predicted octanol–water partition coefficient (Wildman–Crippen LogP) is 4.05. The number of aromatic nitrogens is 6. The minimum Gasteiger partial charge on any atom is -0.447 e. The van der Waals surface area contributed by atoms with E-state index in [1.807, 2.05) is 96.5 Å². The molecule has 2 fully saturated rings. The number of anilines is 4. The van der Waals surface area contributed by atoms with Crippen LogP contribution in [0.1, 0.15) is 36.1 Å². The molecule has 1 amide bonds. The molecule has 2 saturated heterocycles. The molecule has 0 bridgehead atoms. The van der Waals surface area contributed by atoms with Crippen LogP contribution >= 0.6 is 0 Å². The SMILES string of the molecule is CCc1cc(CNS(=O)(=O)N2CCOC2=O)ccc1N(C)c1cc2c(cn1)ncn2C.CCc1cc(CNS(=O)(=O)N2CCOCC2)ccc1N(C)c1cc2c(cn1)ncn2C. The van der Waals surface area contributed by atoms with Crippen molar-refractivity contribution >= 4 is 71.6 Å². The highest BCUT2D eigenvalue weighted by Crippen LogP contribution is 2.30. The molecule has 330 valence electrons. The Hall–Kier alpha value is -5.71. The maximum atomic E-state index is 12.5. The van der Waals surface area contributed by atoms with Gasteiger partial charge in [0.15, 0.2) is 0 Å². The Kier molecular flexibility index (Phi) is 13.4. The third-order valence-electron chi connectivity index (χ3n) is 10.9. The molecule has 0 radical (unpaired) electrons. The van der Waals surface area contributed by atoms with Gasteiger partial charge in [-0.1, -0.05) is 38.1 Å². The number of carbonyl (C=O) groups excluding carboxylic acids is 1. The highest BCUT2D eigenvalue weighted by molar-refractivity contribution is 7.87. The van der Waals surface area contributed by atoms with Gasteiger partial charge in [0.2, 0.25) is 0 Å². The van der Waals surface area contributed by atoms with E-state index in [1.54, 1.807) is 25.0 Å². The highest BCUT2D eigenvalue weighted by Gasteiger charge is 2.33. The molecule has 19 nitrogen and oxygen atoms in total. The number of benzene rings is 2. The van der Waals surface area contributed by atoms with Gasteiger partial charge in [0, 0.05) is 77.9 Å². The number of nitrogens with one attached hydrogen (secondary N) is 2. The fourth-order valence-electron chi connectivity index (χ4n) is 7.27. The lowest BCUT2D eigenvalue weighted by atomic mass is 10.1. The molecule has 21 heteroatoms. The second-order valence-electron chi connectivity index (χ2n) is 14.9. The van der Waals surface area contributed by atoms with E-state index in [9.17, 15) is 21.6 Å². The van der Waals surface area contributed by atoms with Crippen LogP contribution in [0, 0.1) is 0 Å². The lowest BCUT2D eigenvalue weighted by Gasteiger charge is -2.26. The Morgan fingerprint density at radius 1 is 0.661 bits per heavy atom. The monoisotopic (exact) mass is 888 g/mol. The van der Waals surface area contributed by atoms with Gasteiger partial charge in [-0.15, -0.1) is 0 Å². The smallest absolute Gasteiger partial charge is 0.424 e. The number of carbonyl (C=O) groups is 1. The van der Waals surface area contributed by atoms with Gasteiger partial charge in [0.25, 0.3) is 10.2 Å². The largest absolute Gasteiger partial charge is 0.447 e. The van der Waals surface area contributed by atoms with Gasteiger partial charge in [-0.05, 0) is 47.2 Å². The van der Waals surface area contributed by atoms with Crippen molar-refractivity contribution in [1.29, 1.82) is 0 Å². The summed E-state index contributed by atoms with van der Waals surface area (Å²) in [7, 11) is 0.380. The molecule has 6 heterocycles. The number of morpholine rings is 1. The molecule has 2 aromatic carbocycles. The number of ether oxygens (including phenoxy) is 2. The highest BCUT2D eigenvalue weighted by atomic mass is 32.2. The van der Waals surface area contributed by atoms with Crippen molar-refractivity contribution < 1.29 is 31.1 Å². The summed E-state index contributed by atoms with van der Waals surface area (Å²) >= 11 is 0. The Morgan fingerprint density at radius 3 is 1.60 bits per heavy atom.